The van der Waals surface area contributed by atoms with Gasteiger partial charge in [0.05, 0.1) is 5.92 Å². The number of aryl methyl sites for hydroxylation is 1. The molecule has 0 spiro atoms. The smallest absolute Gasteiger partial charge is 0.224 e. The average Bonchev–Trinajstić information content (AvgIpc) is 3.19. The van der Waals surface area contributed by atoms with E-state index >= 15 is 0 Å². The number of piperidine rings is 1. The summed E-state index contributed by atoms with van der Waals surface area (Å²) in [6, 6.07) is 4.63. The van der Waals surface area contributed by atoms with Crippen molar-refractivity contribution in [2.24, 2.45) is 5.92 Å². The van der Waals surface area contributed by atoms with Crippen LogP contribution in [0, 0.1) is 12.8 Å². The Hall–Kier alpha value is -1.36. The third-order valence-electron chi connectivity index (χ3n) is 5.05. The molecule has 0 radical (unpaired) electrons. The Balaban J connectivity index is 1.47. The van der Waals surface area contributed by atoms with Gasteiger partial charge in [0.2, 0.25) is 11.8 Å². The number of likely N-dealkylation sites (tertiary alicyclic amines) is 1. The summed E-state index contributed by atoms with van der Waals surface area (Å²) in [6.45, 7) is 3.41. The van der Waals surface area contributed by atoms with E-state index < -0.39 is 0 Å². The van der Waals surface area contributed by atoms with Crippen molar-refractivity contribution >= 4 is 23.2 Å². The molecule has 2 heterocycles. The van der Waals surface area contributed by atoms with Crippen LogP contribution >= 0.6 is 11.3 Å². The summed E-state index contributed by atoms with van der Waals surface area (Å²) in [4.78, 5) is 29.2. The van der Waals surface area contributed by atoms with E-state index in [1.165, 1.54) is 22.6 Å². The van der Waals surface area contributed by atoms with Crippen molar-refractivity contribution in [1.82, 2.24) is 10.2 Å². The fourth-order valence-electron chi connectivity index (χ4n) is 3.73. The van der Waals surface area contributed by atoms with E-state index in [2.05, 4.69) is 24.4 Å². The first-order chi connectivity index (χ1) is 11.1. The van der Waals surface area contributed by atoms with Crippen LogP contribution in [0.15, 0.2) is 12.1 Å². The van der Waals surface area contributed by atoms with E-state index in [9.17, 15) is 9.59 Å². The van der Waals surface area contributed by atoms with E-state index in [0.717, 1.165) is 19.3 Å². The van der Waals surface area contributed by atoms with Gasteiger partial charge < -0.3 is 10.2 Å². The largest absolute Gasteiger partial charge is 0.355 e. The fourth-order valence-corrected chi connectivity index (χ4v) is 4.62. The molecule has 1 aliphatic carbocycles. The Morgan fingerprint density at radius 2 is 2.09 bits per heavy atom. The van der Waals surface area contributed by atoms with Gasteiger partial charge in [-0.05, 0) is 44.7 Å². The number of rotatable bonds is 5. The molecule has 3 rings (SSSR count). The number of thiophene rings is 1. The molecule has 1 atom stereocenters. The summed E-state index contributed by atoms with van der Waals surface area (Å²) in [5, 5.41) is 3.07. The van der Waals surface area contributed by atoms with Crippen molar-refractivity contribution in [3.05, 3.63) is 21.9 Å². The van der Waals surface area contributed by atoms with E-state index in [1.54, 1.807) is 11.3 Å². The van der Waals surface area contributed by atoms with E-state index in [1.807, 2.05) is 4.90 Å². The van der Waals surface area contributed by atoms with Crippen LogP contribution < -0.4 is 5.32 Å². The molecule has 5 heteroatoms. The second-order valence-electron chi connectivity index (χ2n) is 6.77. The van der Waals surface area contributed by atoms with Crippen LogP contribution in [-0.4, -0.2) is 35.8 Å². The summed E-state index contributed by atoms with van der Waals surface area (Å²) in [6.07, 6.45) is 6.76. The molecule has 1 aromatic heterocycles. The van der Waals surface area contributed by atoms with Gasteiger partial charge >= 0.3 is 0 Å². The standard InChI is InChI=1S/C18H26N2O2S/c1-13-6-8-16(23-13)10-11-19-18(22)14-7-9-17(21)20(12-14)15-4-2-3-5-15/h6,8,14-15H,2-5,7,9-12H2,1H3,(H,19,22). The summed E-state index contributed by atoms with van der Waals surface area (Å²) in [5.74, 6) is 0.335. The lowest BCUT2D eigenvalue weighted by atomic mass is 9.95. The Morgan fingerprint density at radius 1 is 1.30 bits per heavy atom. The SMILES string of the molecule is Cc1ccc(CCNC(=O)C2CCC(=O)N(C3CCCC3)C2)s1. The van der Waals surface area contributed by atoms with Crippen LogP contribution in [0.5, 0.6) is 0 Å². The summed E-state index contributed by atoms with van der Waals surface area (Å²) in [7, 11) is 0. The molecule has 2 fully saturated rings. The second-order valence-corrected chi connectivity index (χ2v) is 8.15. The zero-order chi connectivity index (χ0) is 16.2. The Morgan fingerprint density at radius 3 is 2.78 bits per heavy atom. The fraction of sp³-hybridized carbons (Fsp3) is 0.667. The number of nitrogens with zero attached hydrogens (tertiary/aromatic N) is 1. The van der Waals surface area contributed by atoms with Gasteiger partial charge in [0.25, 0.3) is 0 Å². The average molecular weight is 334 g/mol. The highest BCUT2D eigenvalue weighted by molar-refractivity contribution is 7.11. The van der Waals surface area contributed by atoms with Crippen molar-refractivity contribution < 1.29 is 9.59 Å². The summed E-state index contributed by atoms with van der Waals surface area (Å²) < 4.78 is 0. The zero-order valence-electron chi connectivity index (χ0n) is 13.8. The summed E-state index contributed by atoms with van der Waals surface area (Å²) in [5.41, 5.74) is 0. The Kier molecular flexibility index (Phi) is 5.36. The van der Waals surface area contributed by atoms with Gasteiger partial charge in [-0.15, -0.1) is 11.3 Å². The molecule has 0 aromatic carbocycles. The van der Waals surface area contributed by atoms with Gasteiger partial charge in [-0.3, -0.25) is 9.59 Å². The molecule has 1 unspecified atom stereocenters. The first-order valence-corrected chi connectivity index (χ1v) is 9.57. The Bertz CT molecular complexity index is 563. The van der Waals surface area contributed by atoms with E-state index in [-0.39, 0.29) is 17.7 Å². The molecule has 1 saturated heterocycles. The molecule has 1 N–H and O–H groups in total. The van der Waals surface area contributed by atoms with Crippen molar-refractivity contribution in [2.45, 2.75) is 57.9 Å². The molecule has 1 saturated carbocycles. The van der Waals surface area contributed by atoms with Crippen LogP contribution in [0.4, 0.5) is 0 Å². The lowest BCUT2D eigenvalue weighted by Gasteiger charge is -2.36. The van der Waals surface area contributed by atoms with Crippen molar-refractivity contribution in [3.63, 3.8) is 0 Å². The molecular formula is C18H26N2O2S. The molecule has 1 aromatic rings. The van der Waals surface area contributed by atoms with Crippen molar-refractivity contribution in [1.29, 1.82) is 0 Å². The normalized spacial score (nSPS) is 22.6. The maximum absolute atomic E-state index is 12.4. The number of carbonyl (C=O) groups is 2. The monoisotopic (exact) mass is 334 g/mol. The number of carbonyl (C=O) groups excluding carboxylic acids is 2. The highest BCUT2D eigenvalue weighted by atomic mass is 32.1. The number of nitrogens with one attached hydrogen (secondary N) is 1. The lowest BCUT2D eigenvalue weighted by molar-refractivity contribution is -0.140. The number of amides is 2. The van der Waals surface area contributed by atoms with E-state index in [0.29, 0.717) is 32.0 Å². The van der Waals surface area contributed by atoms with Crippen LogP contribution in [0.2, 0.25) is 0 Å². The minimum absolute atomic E-state index is 0.0293. The van der Waals surface area contributed by atoms with Gasteiger partial charge in [-0.1, -0.05) is 12.8 Å². The third kappa shape index (κ3) is 4.14. The molecule has 4 nitrogen and oxygen atoms in total. The topological polar surface area (TPSA) is 49.4 Å². The molecule has 126 valence electrons. The maximum atomic E-state index is 12.4. The minimum Gasteiger partial charge on any atom is -0.355 e. The van der Waals surface area contributed by atoms with Gasteiger partial charge in [-0.25, -0.2) is 0 Å². The summed E-state index contributed by atoms with van der Waals surface area (Å²) >= 11 is 1.79. The van der Waals surface area contributed by atoms with Crippen LogP contribution in [0.1, 0.15) is 48.3 Å². The first kappa shape index (κ1) is 16.5. The highest BCUT2D eigenvalue weighted by Crippen LogP contribution is 2.28. The molecule has 23 heavy (non-hydrogen) atoms. The van der Waals surface area contributed by atoms with Crippen molar-refractivity contribution in [3.8, 4) is 0 Å². The van der Waals surface area contributed by atoms with Gasteiger partial charge in [0, 0.05) is 35.3 Å². The quantitative estimate of drug-likeness (QED) is 0.900. The first-order valence-electron chi connectivity index (χ1n) is 8.76. The molecule has 2 aliphatic rings. The number of hydrogen-bond donors (Lipinski definition) is 1. The highest BCUT2D eigenvalue weighted by Gasteiger charge is 2.34. The molecular weight excluding hydrogens is 308 g/mol. The maximum Gasteiger partial charge on any atom is 0.224 e. The molecule has 2 amide bonds. The van der Waals surface area contributed by atoms with Gasteiger partial charge in [0.1, 0.15) is 0 Å². The second kappa shape index (κ2) is 7.47. The zero-order valence-corrected chi connectivity index (χ0v) is 14.7. The minimum atomic E-state index is -0.0293. The van der Waals surface area contributed by atoms with E-state index in [4.69, 9.17) is 0 Å². The van der Waals surface area contributed by atoms with Crippen molar-refractivity contribution in [2.75, 3.05) is 13.1 Å². The Labute approximate surface area is 142 Å². The lowest BCUT2D eigenvalue weighted by Crippen LogP contribution is -2.49. The van der Waals surface area contributed by atoms with Gasteiger partial charge in [0.15, 0.2) is 0 Å². The third-order valence-corrected chi connectivity index (χ3v) is 6.11. The molecule has 1 aliphatic heterocycles. The molecule has 0 bridgehead atoms. The predicted octanol–water partition coefficient (Wildman–Crippen LogP) is 2.90. The van der Waals surface area contributed by atoms with Gasteiger partial charge in [-0.2, -0.15) is 0 Å². The number of hydrogen-bond acceptors (Lipinski definition) is 3. The van der Waals surface area contributed by atoms with Crippen LogP contribution in [-0.2, 0) is 16.0 Å². The van der Waals surface area contributed by atoms with Crippen LogP contribution in [0.3, 0.4) is 0 Å². The predicted molar refractivity (Wildman–Crippen MR) is 92.5 cm³/mol. The van der Waals surface area contributed by atoms with Crippen LogP contribution in [0.25, 0.3) is 0 Å².